The normalized spacial score (nSPS) is 13.0. The Kier molecular flexibility index (Phi) is 2.48. The van der Waals surface area contributed by atoms with Gasteiger partial charge in [0.2, 0.25) is 6.29 Å². The van der Waals surface area contributed by atoms with Crippen molar-refractivity contribution in [3.05, 3.63) is 48.0 Å². The van der Waals surface area contributed by atoms with Crippen LogP contribution in [0, 0.1) is 0 Å². The number of hydrogen-bond acceptors (Lipinski definition) is 1. The summed E-state index contributed by atoms with van der Waals surface area (Å²) in [6.07, 6.45) is -1.10. The first kappa shape index (κ1) is 9.19. The van der Waals surface area contributed by atoms with Crippen LogP contribution in [-0.4, -0.2) is 7.11 Å². The molecule has 2 rings (SSSR count). The summed E-state index contributed by atoms with van der Waals surface area (Å²) in [5.41, 5.74) is 0.700. The molecule has 2 nitrogen and oxygen atoms in total. The molecule has 1 unspecified atom stereocenters. The monoisotopic (exact) mass is 187 g/mol. The molecule has 0 fully saturated rings. The van der Waals surface area contributed by atoms with E-state index in [0.717, 1.165) is 10.8 Å². The number of benzene rings is 2. The molecule has 1 atom stereocenters. The number of rotatable bonds is 2. The molecule has 0 saturated carbocycles. The molecule has 0 N–H and O–H groups in total. The molecule has 0 heterocycles. The zero-order valence-corrected chi connectivity index (χ0v) is 7.94. The summed E-state index contributed by atoms with van der Waals surface area (Å²) in [6.45, 7) is 0. The van der Waals surface area contributed by atoms with E-state index >= 15 is 0 Å². The van der Waals surface area contributed by atoms with E-state index in [2.05, 4.69) is 0 Å². The molecule has 0 aliphatic carbocycles. The van der Waals surface area contributed by atoms with Crippen LogP contribution in [0.2, 0.25) is 0 Å². The third kappa shape index (κ3) is 1.50. The molecular formula is C12H11O2. The summed E-state index contributed by atoms with van der Waals surface area (Å²) < 4.78 is 4.79. The van der Waals surface area contributed by atoms with Gasteiger partial charge in [-0.3, -0.25) is 0 Å². The van der Waals surface area contributed by atoms with Gasteiger partial charge in [-0.25, -0.2) is 0 Å². The largest absolute Gasteiger partial charge is 0.349 e. The lowest BCUT2D eigenvalue weighted by Crippen LogP contribution is -1.98. The molecule has 0 bridgehead atoms. The molecule has 0 saturated heterocycles. The van der Waals surface area contributed by atoms with E-state index in [1.807, 2.05) is 42.5 Å². The molecule has 71 valence electrons. The molecule has 0 aromatic heterocycles. The fourth-order valence-corrected chi connectivity index (χ4v) is 1.58. The number of methoxy groups -OCH3 is 1. The van der Waals surface area contributed by atoms with E-state index in [-0.39, 0.29) is 0 Å². The number of fused-ring (bicyclic) bond motifs is 1. The first-order chi connectivity index (χ1) is 6.83. The zero-order chi connectivity index (χ0) is 9.97. The van der Waals surface area contributed by atoms with Gasteiger partial charge in [0.25, 0.3) is 0 Å². The Morgan fingerprint density at radius 1 is 1.07 bits per heavy atom. The van der Waals surface area contributed by atoms with Crippen molar-refractivity contribution in [2.45, 2.75) is 6.29 Å². The minimum atomic E-state index is -1.10. The van der Waals surface area contributed by atoms with E-state index in [4.69, 9.17) is 4.74 Å². The number of ether oxygens (including phenoxy) is 1. The maximum absolute atomic E-state index is 11.5. The van der Waals surface area contributed by atoms with Crippen molar-refractivity contribution in [1.29, 1.82) is 0 Å². The Bertz CT molecular complexity index is 432. The van der Waals surface area contributed by atoms with Gasteiger partial charge >= 0.3 is 0 Å². The fraction of sp³-hybridized carbons (Fsp3) is 0.167. The van der Waals surface area contributed by atoms with Gasteiger partial charge in [-0.2, -0.15) is 5.11 Å². The first-order valence-corrected chi connectivity index (χ1v) is 4.49. The van der Waals surface area contributed by atoms with Gasteiger partial charge in [0.1, 0.15) is 0 Å². The van der Waals surface area contributed by atoms with Gasteiger partial charge in [-0.15, -0.1) is 0 Å². The maximum atomic E-state index is 11.5. The summed E-state index contributed by atoms with van der Waals surface area (Å²) in [6, 6.07) is 13.5. The second kappa shape index (κ2) is 3.78. The molecule has 14 heavy (non-hydrogen) atoms. The average Bonchev–Trinajstić information content (AvgIpc) is 2.27. The van der Waals surface area contributed by atoms with Crippen molar-refractivity contribution in [2.75, 3.05) is 7.11 Å². The molecule has 2 aromatic rings. The predicted octanol–water partition coefficient (Wildman–Crippen LogP) is 2.92. The van der Waals surface area contributed by atoms with Crippen molar-refractivity contribution in [3.8, 4) is 0 Å². The van der Waals surface area contributed by atoms with Gasteiger partial charge in [0.05, 0.1) is 0 Å². The second-order valence-corrected chi connectivity index (χ2v) is 3.14. The summed E-state index contributed by atoms with van der Waals surface area (Å²) >= 11 is 0. The van der Waals surface area contributed by atoms with Crippen LogP contribution in [0.5, 0.6) is 0 Å². The Morgan fingerprint density at radius 3 is 2.57 bits per heavy atom. The Balaban J connectivity index is 2.65. The molecule has 2 heteroatoms. The van der Waals surface area contributed by atoms with Gasteiger partial charge in [-0.05, 0) is 10.8 Å². The highest BCUT2D eigenvalue weighted by atomic mass is 16.6. The van der Waals surface area contributed by atoms with Gasteiger partial charge in [0.15, 0.2) is 0 Å². The van der Waals surface area contributed by atoms with Gasteiger partial charge in [-0.1, -0.05) is 42.5 Å². The van der Waals surface area contributed by atoms with Crippen LogP contribution < -0.4 is 0 Å². The maximum Gasteiger partial charge on any atom is 0.217 e. The zero-order valence-electron chi connectivity index (χ0n) is 7.94. The van der Waals surface area contributed by atoms with E-state index in [0.29, 0.717) is 5.56 Å². The predicted molar refractivity (Wildman–Crippen MR) is 54.4 cm³/mol. The smallest absolute Gasteiger partial charge is 0.217 e. The van der Waals surface area contributed by atoms with Crippen molar-refractivity contribution in [3.63, 3.8) is 0 Å². The fourth-order valence-electron chi connectivity index (χ4n) is 1.58. The lowest BCUT2D eigenvalue weighted by Gasteiger charge is -2.09. The van der Waals surface area contributed by atoms with Crippen molar-refractivity contribution in [2.24, 2.45) is 0 Å². The molecule has 1 radical (unpaired) electrons. The molecule has 0 spiro atoms. The van der Waals surface area contributed by atoms with Crippen molar-refractivity contribution >= 4 is 10.8 Å². The number of hydrogen-bond donors (Lipinski definition) is 0. The van der Waals surface area contributed by atoms with Crippen LogP contribution in [0.25, 0.3) is 10.8 Å². The summed E-state index contributed by atoms with van der Waals surface area (Å²) in [5.74, 6) is 0. The van der Waals surface area contributed by atoms with Crippen LogP contribution in [0.15, 0.2) is 42.5 Å². The minimum Gasteiger partial charge on any atom is -0.349 e. The van der Waals surface area contributed by atoms with E-state index in [1.165, 1.54) is 7.11 Å². The third-order valence-corrected chi connectivity index (χ3v) is 2.29. The van der Waals surface area contributed by atoms with Crippen molar-refractivity contribution in [1.82, 2.24) is 0 Å². The molecule has 0 aliphatic rings. The lowest BCUT2D eigenvalue weighted by molar-refractivity contribution is -0.122. The van der Waals surface area contributed by atoms with Crippen LogP contribution in [-0.2, 0) is 9.84 Å². The van der Waals surface area contributed by atoms with Crippen LogP contribution >= 0.6 is 0 Å². The average molecular weight is 187 g/mol. The Morgan fingerprint density at radius 2 is 1.79 bits per heavy atom. The van der Waals surface area contributed by atoms with Gasteiger partial charge in [0, 0.05) is 12.7 Å². The quantitative estimate of drug-likeness (QED) is 0.664. The Hall–Kier alpha value is -1.38. The standard InChI is InChI=1S/C12H11O2/c1-14-12(13)11-8-4-6-9-5-2-3-7-10(9)11/h2-8,12H,1H3. The highest BCUT2D eigenvalue weighted by Crippen LogP contribution is 2.24. The summed E-state index contributed by atoms with van der Waals surface area (Å²) in [4.78, 5) is 0. The first-order valence-electron chi connectivity index (χ1n) is 4.49. The summed E-state index contributed by atoms with van der Waals surface area (Å²) in [7, 11) is 1.43. The molecule has 0 amide bonds. The topological polar surface area (TPSA) is 29.1 Å². The van der Waals surface area contributed by atoms with Gasteiger partial charge < -0.3 is 4.74 Å². The SMILES string of the molecule is COC([O])c1cccc2ccccc12. The highest BCUT2D eigenvalue weighted by molar-refractivity contribution is 5.85. The third-order valence-electron chi connectivity index (χ3n) is 2.29. The van der Waals surface area contributed by atoms with Crippen molar-refractivity contribution < 1.29 is 9.84 Å². The Labute approximate surface area is 82.8 Å². The van der Waals surface area contributed by atoms with Crippen LogP contribution in [0.3, 0.4) is 0 Å². The van der Waals surface area contributed by atoms with E-state index in [1.54, 1.807) is 0 Å². The molecule has 2 aromatic carbocycles. The lowest BCUT2D eigenvalue weighted by atomic mass is 10.0. The summed E-state index contributed by atoms with van der Waals surface area (Å²) in [5, 5.41) is 13.5. The van der Waals surface area contributed by atoms with Crippen LogP contribution in [0.1, 0.15) is 11.9 Å². The van der Waals surface area contributed by atoms with E-state index in [9.17, 15) is 5.11 Å². The molecule has 0 aliphatic heterocycles. The molecular weight excluding hydrogens is 176 g/mol. The minimum absolute atomic E-state index is 0.700. The highest BCUT2D eigenvalue weighted by Gasteiger charge is 2.10. The van der Waals surface area contributed by atoms with E-state index < -0.39 is 6.29 Å². The van der Waals surface area contributed by atoms with Crippen LogP contribution in [0.4, 0.5) is 0 Å². The second-order valence-electron chi connectivity index (χ2n) is 3.14.